The zero-order valence-corrected chi connectivity index (χ0v) is 12.7. The van der Waals surface area contributed by atoms with Gasteiger partial charge in [0.25, 0.3) is 0 Å². The maximum atomic E-state index is 12.0. The standard InChI is InChI=1S/C13H19N3O3S/c1-13(2)4-8-10(9(17)5-13)20-12(15-8)16-11(18)7(14)6-19-3/h7H,4-6,14H2,1-3H3,(H,15,16,18). The second kappa shape index (κ2) is 5.59. The van der Waals surface area contributed by atoms with Gasteiger partial charge in [0.1, 0.15) is 6.04 Å². The second-order valence-electron chi connectivity index (χ2n) is 5.79. The Hall–Kier alpha value is -1.31. The number of ether oxygens (including phenoxy) is 1. The third kappa shape index (κ3) is 3.23. The fourth-order valence-corrected chi connectivity index (χ4v) is 3.15. The predicted molar refractivity (Wildman–Crippen MR) is 77.0 cm³/mol. The van der Waals surface area contributed by atoms with Crippen molar-refractivity contribution in [1.82, 2.24) is 4.98 Å². The number of carbonyl (C=O) groups excluding carboxylic acids is 2. The van der Waals surface area contributed by atoms with Crippen LogP contribution >= 0.6 is 11.3 Å². The summed E-state index contributed by atoms with van der Waals surface area (Å²) in [4.78, 5) is 28.8. The van der Waals surface area contributed by atoms with Crippen LogP contribution in [0.5, 0.6) is 0 Å². The minimum Gasteiger partial charge on any atom is -0.383 e. The van der Waals surface area contributed by atoms with Crippen molar-refractivity contribution in [3.8, 4) is 0 Å². The molecule has 0 aliphatic heterocycles. The van der Waals surface area contributed by atoms with E-state index in [1.165, 1.54) is 18.4 Å². The first-order chi connectivity index (χ1) is 9.32. The molecular formula is C13H19N3O3S. The Morgan fingerprint density at radius 3 is 2.90 bits per heavy atom. The van der Waals surface area contributed by atoms with Crippen LogP contribution in [-0.2, 0) is 16.0 Å². The zero-order valence-electron chi connectivity index (χ0n) is 11.9. The van der Waals surface area contributed by atoms with E-state index in [1.807, 2.05) is 13.8 Å². The SMILES string of the molecule is COCC(N)C(=O)Nc1nc2c(s1)C(=O)CC(C)(C)C2. The number of Topliss-reactive ketones (excluding diaryl/α,β-unsaturated/α-hetero) is 1. The number of fused-ring (bicyclic) bond motifs is 1. The quantitative estimate of drug-likeness (QED) is 0.871. The molecule has 0 fully saturated rings. The number of methoxy groups -OCH3 is 1. The van der Waals surface area contributed by atoms with Crippen LogP contribution < -0.4 is 11.1 Å². The van der Waals surface area contributed by atoms with Gasteiger partial charge < -0.3 is 15.8 Å². The highest BCUT2D eigenvalue weighted by atomic mass is 32.1. The highest BCUT2D eigenvalue weighted by Gasteiger charge is 2.34. The number of hydrogen-bond acceptors (Lipinski definition) is 6. The Morgan fingerprint density at radius 2 is 2.25 bits per heavy atom. The lowest BCUT2D eigenvalue weighted by Crippen LogP contribution is -2.39. The van der Waals surface area contributed by atoms with Crippen molar-refractivity contribution < 1.29 is 14.3 Å². The number of nitrogens with one attached hydrogen (secondary N) is 1. The zero-order chi connectivity index (χ0) is 14.9. The van der Waals surface area contributed by atoms with Crippen LogP contribution in [0.2, 0.25) is 0 Å². The first-order valence-corrected chi connectivity index (χ1v) is 7.22. The fraction of sp³-hybridized carbons (Fsp3) is 0.615. The summed E-state index contributed by atoms with van der Waals surface area (Å²) >= 11 is 1.22. The van der Waals surface area contributed by atoms with Crippen molar-refractivity contribution >= 4 is 28.2 Å². The minimum atomic E-state index is -0.743. The number of nitrogens with two attached hydrogens (primary N) is 1. The van der Waals surface area contributed by atoms with Crippen LogP contribution in [0.15, 0.2) is 0 Å². The summed E-state index contributed by atoms with van der Waals surface area (Å²) in [5.41, 5.74) is 6.33. The van der Waals surface area contributed by atoms with Crippen LogP contribution in [0.1, 0.15) is 35.6 Å². The summed E-state index contributed by atoms with van der Waals surface area (Å²) in [6, 6.07) is -0.743. The van der Waals surface area contributed by atoms with Crippen LogP contribution in [-0.4, -0.2) is 36.4 Å². The summed E-state index contributed by atoms with van der Waals surface area (Å²) in [5, 5.41) is 3.07. The Morgan fingerprint density at radius 1 is 1.55 bits per heavy atom. The third-order valence-corrected chi connectivity index (χ3v) is 4.20. The molecule has 2 rings (SSSR count). The van der Waals surface area contributed by atoms with E-state index in [9.17, 15) is 9.59 Å². The van der Waals surface area contributed by atoms with Crippen LogP contribution in [0.25, 0.3) is 0 Å². The first kappa shape index (κ1) is 15.1. The van der Waals surface area contributed by atoms with E-state index in [0.717, 1.165) is 12.1 Å². The molecule has 0 radical (unpaired) electrons. The molecule has 0 saturated heterocycles. The van der Waals surface area contributed by atoms with E-state index < -0.39 is 6.04 Å². The Kier molecular flexibility index (Phi) is 4.22. The normalized spacial score (nSPS) is 18.5. The smallest absolute Gasteiger partial charge is 0.245 e. The molecule has 6 nitrogen and oxygen atoms in total. The van der Waals surface area contributed by atoms with E-state index >= 15 is 0 Å². The molecule has 1 aromatic rings. The molecule has 1 aliphatic carbocycles. The molecule has 0 aromatic carbocycles. The number of aromatic nitrogens is 1. The molecule has 1 atom stereocenters. The van der Waals surface area contributed by atoms with Crippen LogP contribution in [0.4, 0.5) is 5.13 Å². The largest absolute Gasteiger partial charge is 0.383 e. The number of hydrogen-bond donors (Lipinski definition) is 2. The van der Waals surface area contributed by atoms with Crippen molar-refractivity contribution in [3.63, 3.8) is 0 Å². The summed E-state index contributed by atoms with van der Waals surface area (Å²) in [6.45, 7) is 4.22. The summed E-state index contributed by atoms with van der Waals surface area (Å²) < 4.78 is 4.83. The highest BCUT2D eigenvalue weighted by molar-refractivity contribution is 7.17. The van der Waals surface area contributed by atoms with Crippen LogP contribution in [0.3, 0.4) is 0 Å². The van der Waals surface area contributed by atoms with E-state index in [-0.39, 0.29) is 23.7 Å². The maximum absolute atomic E-state index is 12.0. The number of ketones is 1. The molecule has 0 bridgehead atoms. The summed E-state index contributed by atoms with van der Waals surface area (Å²) in [6.07, 6.45) is 1.25. The Balaban J connectivity index is 2.13. The van der Waals surface area contributed by atoms with Gasteiger partial charge in [0.15, 0.2) is 10.9 Å². The van der Waals surface area contributed by atoms with Crippen molar-refractivity contribution in [2.45, 2.75) is 32.7 Å². The van der Waals surface area contributed by atoms with Crippen molar-refractivity contribution in [2.75, 3.05) is 19.0 Å². The predicted octanol–water partition coefficient (Wildman–Crippen LogP) is 1.21. The number of nitrogens with zero attached hydrogens (tertiary/aromatic N) is 1. The number of carbonyl (C=O) groups is 2. The monoisotopic (exact) mass is 297 g/mol. The first-order valence-electron chi connectivity index (χ1n) is 6.41. The van der Waals surface area contributed by atoms with Gasteiger partial charge in [-0.05, 0) is 11.8 Å². The van der Waals surface area contributed by atoms with Crippen molar-refractivity contribution in [3.05, 3.63) is 10.6 Å². The van der Waals surface area contributed by atoms with Gasteiger partial charge in [0.2, 0.25) is 5.91 Å². The van der Waals surface area contributed by atoms with Gasteiger partial charge in [-0.15, -0.1) is 0 Å². The molecule has 7 heteroatoms. The number of thiazole rings is 1. The van der Waals surface area contributed by atoms with E-state index in [4.69, 9.17) is 10.5 Å². The fourth-order valence-electron chi connectivity index (χ4n) is 2.23. The number of anilines is 1. The maximum Gasteiger partial charge on any atom is 0.245 e. The molecule has 1 amide bonds. The van der Waals surface area contributed by atoms with E-state index in [2.05, 4.69) is 10.3 Å². The lowest BCUT2D eigenvalue weighted by atomic mass is 9.78. The van der Waals surface area contributed by atoms with Gasteiger partial charge in [0, 0.05) is 13.5 Å². The van der Waals surface area contributed by atoms with Crippen LogP contribution in [0, 0.1) is 5.41 Å². The number of rotatable bonds is 4. The van der Waals surface area contributed by atoms with Gasteiger partial charge in [-0.2, -0.15) is 0 Å². The molecule has 1 aromatic heterocycles. The molecule has 0 spiro atoms. The number of amides is 1. The molecule has 1 heterocycles. The van der Waals surface area contributed by atoms with E-state index in [1.54, 1.807) is 0 Å². The minimum absolute atomic E-state index is 0.0775. The average molecular weight is 297 g/mol. The van der Waals surface area contributed by atoms with Crippen molar-refractivity contribution in [2.24, 2.45) is 11.1 Å². The molecule has 1 aliphatic rings. The second-order valence-corrected chi connectivity index (χ2v) is 6.79. The lowest BCUT2D eigenvalue weighted by molar-refractivity contribution is -0.118. The Bertz CT molecular complexity index is 539. The summed E-state index contributed by atoms with van der Waals surface area (Å²) in [7, 11) is 1.48. The molecule has 3 N–H and O–H groups in total. The molecule has 1 unspecified atom stereocenters. The van der Waals surface area contributed by atoms with Gasteiger partial charge in [0.05, 0.1) is 17.2 Å². The van der Waals surface area contributed by atoms with Gasteiger partial charge in [-0.1, -0.05) is 25.2 Å². The highest BCUT2D eigenvalue weighted by Crippen LogP contribution is 2.38. The molecule has 20 heavy (non-hydrogen) atoms. The molecule has 110 valence electrons. The topological polar surface area (TPSA) is 94.3 Å². The average Bonchev–Trinajstić information content (AvgIpc) is 2.70. The Labute approximate surface area is 121 Å². The lowest BCUT2D eigenvalue weighted by Gasteiger charge is -2.26. The van der Waals surface area contributed by atoms with Gasteiger partial charge in [-0.3, -0.25) is 9.59 Å². The van der Waals surface area contributed by atoms with Crippen molar-refractivity contribution in [1.29, 1.82) is 0 Å². The molecule has 0 saturated carbocycles. The third-order valence-electron chi connectivity index (χ3n) is 3.15. The van der Waals surface area contributed by atoms with Gasteiger partial charge >= 0.3 is 0 Å². The summed E-state index contributed by atoms with van der Waals surface area (Å²) in [5.74, 6) is -0.264. The van der Waals surface area contributed by atoms with E-state index in [0.29, 0.717) is 16.4 Å². The molecular weight excluding hydrogens is 278 g/mol. The van der Waals surface area contributed by atoms with Gasteiger partial charge in [-0.25, -0.2) is 4.98 Å².